The molecule has 92 valence electrons. The Morgan fingerprint density at radius 2 is 1.40 bits per heavy atom. The number of ether oxygens (including phenoxy) is 2. The monoisotopic (exact) mass is 240 g/mol. The van der Waals surface area contributed by atoms with E-state index in [1.54, 1.807) is 0 Å². The first-order valence-corrected chi connectivity index (χ1v) is 3.78. The number of methoxy groups -OCH3 is 1. The number of hydrogen-bond donors (Lipinski definition) is 0. The van der Waals surface area contributed by atoms with E-state index in [1.807, 2.05) is 0 Å². The van der Waals surface area contributed by atoms with Gasteiger partial charge in [-0.2, -0.15) is 17.6 Å². The van der Waals surface area contributed by atoms with Crippen molar-refractivity contribution in [2.75, 3.05) is 20.3 Å². The highest BCUT2D eigenvalue weighted by molar-refractivity contribution is 4.78. The Labute approximate surface area is 82.1 Å². The van der Waals surface area contributed by atoms with Crippen LogP contribution in [0.4, 0.5) is 26.3 Å². The quantitative estimate of drug-likeness (QED) is 0.687. The molecule has 0 radical (unpaired) electrons. The van der Waals surface area contributed by atoms with E-state index in [1.165, 1.54) is 0 Å². The Balaban J connectivity index is 4.53. The lowest BCUT2D eigenvalue weighted by atomic mass is 10.3. The number of rotatable bonds is 5. The Kier molecular flexibility index (Phi) is 4.41. The molecule has 0 heterocycles. The molecule has 1 unspecified atom stereocenters. The molecule has 0 bridgehead atoms. The third-order valence-corrected chi connectivity index (χ3v) is 1.31. The van der Waals surface area contributed by atoms with Gasteiger partial charge in [-0.25, -0.2) is 8.78 Å². The summed E-state index contributed by atoms with van der Waals surface area (Å²) in [5, 5.41) is 0. The third-order valence-electron chi connectivity index (χ3n) is 1.31. The van der Waals surface area contributed by atoms with Gasteiger partial charge in [-0.05, 0) is 0 Å². The zero-order valence-corrected chi connectivity index (χ0v) is 8.00. The summed E-state index contributed by atoms with van der Waals surface area (Å²) in [6.45, 7) is -2.85. The van der Waals surface area contributed by atoms with Gasteiger partial charge in [0.15, 0.2) is 0 Å². The minimum Gasteiger partial charge on any atom is -0.378 e. The molecule has 0 aliphatic carbocycles. The van der Waals surface area contributed by atoms with E-state index in [0.29, 0.717) is 6.92 Å². The van der Waals surface area contributed by atoms with E-state index in [0.717, 1.165) is 7.11 Å². The first-order chi connectivity index (χ1) is 6.52. The van der Waals surface area contributed by atoms with Crippen LogP contribution in [0.2, 0.25) is 0 Å². The average Bonchev–Trinajstić information content (AvgIpc) is 1.98. The summed E-state index contributed by atoms with van der Waals surface area (Å²) in [6.07, 6.45) is -5.42. The molecule has 2 nitrogen and oxygen atoms in total. The lowest BCUT2D eigenvalue weighted by molar-refractivity contribution is -0.353. The molecule has 1 atom stereocenters. The van der Waals surface area contributed by atoms with Gasteiger partial charge in [-0.1, -0.05) is 0 Å². The van der Waals surface area contributed by atoms with Crippen LogP contribution in [0.1, 0.15) is 6.92 Å². The van der Waals surface area contributed by atoms with Gasteiger partial charge >= 0.3 is 12.0 Å². The van der Waals surface area contributed by atoms with Crippen LogP contribution in [0, 0.1) is 0 Å². The molecular weight excluding hydrogens is 230 g/mol. The second kappa shape index (κ2) is 4.56. The van der Waals surface area contributed by atoms with Crippen LogP contribution in [0.25, 0.3) is 0 Å². The van der Waals surface area contributed by atoms with Crippen molar-refractivity contribution in [1.29, 1.82) is 0 Å². The molecule has 0 saturated heterocycles. The van der Waals surface area contributed by atoms with Crippen molar-refractivity contribution >= 4 is 0 Å². The maximum atomic E-state index is 13.0. The van der Waals surface area contributed by atoms with Crippen LogP contribution in [0.5, 0.6) is 0 Å². The van der Waals surface area contributed by atoms with E-state index < -0.39 is 31.2 Å². The maximum Gasteiger partial charge on any atom is 0.450 e. The van der Waals surface area contributed by atoms with Crippen molar-refractivity contribution in [3.63, 3.8) is 0 Å². The zero-order chi connectivity index (χ0) is 12.3. The lowest BCUT2D eigenvalue weighted by Gasteiger charge is -2.28. The van der Waals surface area contributed by atoms with Gasteiger partial charge in [0.2, 0.25) is 0 Å². The molecule has 0 saturated carbocycles. The lowest BCUT2D eigenvalue weighted by Crippen LogP contribution is -2.49. The summed E-state index contributed by atoms with van der Waals surface area (Å²) in [7, 11) is 0.799. The zero-order valence-electron chi connectivity index (χ0n) is 8.00. The number of hydrogen-bond acceptors (Lipinski definition) is 2. The molecule has 0 amide bonds. The van der Waals surface area contributed by atoms with Crippen LogP contribution in [0.15, 0.2) is 0 Å². The van der Waals surface area contributed by atoms with Crippen LogP contribution < -0.4 is 0 Å². The van der Waals surface area contributed by atoms with E-state index >= 15 is 0 Å². The van der Waals surface area contributed by atoms with Crippen LogP contribution in [0.3, 0.4) is 0 Å². The van der Waals surface area contributed by atoms with E-state index in [2.05, 4.69) is 9.47 Å². The van der Waals surface area contributed by atoms with Crippen molar-refractivity contribution in [3.05, 3.63) is 0 Å². The molecule has 0 aromatic rings. The SMILES string of the molecule is COCC(F)(OCC(C)(F)F)C(F)(F)F. The van der Waals surface area contributed by atoms with Gasteiger partial charge in [0.1, 0.15) is 13.2 Å². The fraction of sp³-hybridized carbons (Fsp3) is 1.00. The molecule has 0 rings (SSSR count). The van der Waals surface area contributed by atoms with Gasteiger partial charge in [0, 0.05) is 14.0 Å². The molecular formula is C7H10F6O2. The minimum atomic E-state index is -5.42. The summed E-state index contributed by atoms with van der Waals surface area (Å²) in [6, 6.07) is 0. The van der Waals surface area contributed by atoms with E-state index in [4.69, 9.17) is 0 Å². The number of alkyl halides is 6. The second-order valence-electron chi connectivity index (χ2n) is 3.02. The predicted molar refractivity (Wildman–Crippen MR) is 38.3 cm³/mol. The van der Waals surface area contributed by atoms with Crippen LogP contribution >= 0.6 is 0 Å². The minimum absolute atomic E-state index is 0.316. The summed E-state index contributed by atoms with van der Waals surface area (Å²) in [4.78, 5) is 0. The predicted octanol–water partition coefficient (Wildman–Crippen LogP) is 2.53. The highest BCUT2D eigenvalue weighted by atomic mass is 19.4. The Morgan fingerprint density at radius 1 is 0.933 bits per heavy atom. The summed E-state index contributed by atoms with van der Waals surface area (Å²) in [5.41, 5.74) is 0. The average molecular weight is 240 g/mol. The van der Waals surface area contributed by atoms with Crippen molar-refractivity contribution < 1.29 is 35.8 Å². The summed E-state index contributed by atoms with van der Waals surface area (Å²) >= 11 is 0. The normalized spacial score (nSPS) is 17.6. The van der Waals surface area contributed by atoms with Gasteiger partial charge in [-0.3, -0.25) is 0 Å². The smallest absolute Gasteiger partial charge is 0.378 e. The Morgan fingerprint density at radius 3 is 1.67 bits per heavy atom. The van der Waals surface area contributed by atoms with Gasteiger partial charge in [0.25, 0.3) is 5.92 Å². The molecule has 0 aliphatic rings. The molecule has 0 aromatic heterocycles. The van der Waals surface area contributed by atoms with E-state index in [-0.39, 0.29) is 0 Å². The number of halogens is 6. The summed E-state index contributed by atoms with van der Waals surface area (Å²) in [5.74, 6) is -7.75. The fourth-order valence-corrected chi connectivity index (χ4v) is 0.632. The topological polar surface area (TPSA) is 18.5 Å². The maximum absolute atomic E-state index is 13.0. The van der Waals surface area contributed by atoms with Crippen molar-refractivity contribution in [1.82, 2.24) is 0 Å². The molecule has 0 fully saturated rings. The molecule has 15 heavy (non-hydrogen) atoms. The van der Waals surface area contributed by atoms with Gasteiger partial charge < -0.3 is 9.47 Å². The molecule has 8 heteroatoms. The molecule has 0 N–H and O–H groups in total. The Hall–Kier alpha value is -0.500. The largest absolute Gasteiger partial charge is 0.450 e. The van der Waals surface area contributed by atoms with Crippen molar-refractivity contribution in [2.24, 2.45) is 0 Å². The van der Waals surface area contributed by atoms with Crippen molar-refractivity contribution in [3.8, 4) is 0 Å². The first-order valence-electron chi connectivity index (χ1n) is 3.78. The highest BCUT2D eigenvalue weighted by Gasteiger charge is 2.58. The standard InChI is InChI=1S/C7H10F6O2/c1-5(8,9)3-15-6(10,4-14-2)7(11,12)13/h3-4H2,1-2H3. The van der Waals surface area contributed by atoms with E-state index in [9.17, 15) is 26.3 Å². The highest BCUT2D eigenvalue weighted by Crippen LogP contribution is 2.36. The fourth-order valence-electron chi connectivity index (χ4n) is 0.632. The van der Waals surface area contributed by atoms with Gasteiger partial charge in [0.05, 0.1) is 0 Å². The second-order valence-corrected chi connectivity index (χ2v) is 3.02. The molecule has 0 aliphatic heterocycles. The summed E-state index contributed by atoms with van der Waals surface area (Å²) < 4.78 is 81.0. The van der Waals surface area contributed by atoms with Crippen molar-refractivity contribution in [2.45, 2.75) is 24.9 Å². The van der Waals surface area contributed by atoms with Crippen LogP contribution in [-0.4, -0.2) is 38.3 Å². The first kappa shape index (κ1) is 14.5. The third kappa shape index (κ3) is 4.70. The van der Waals surface area contributed by atoms with Gasteiger partial charge in [-0.15, -0.1) is 0 Å². The molecule has 0 spiro atoms. The Bertz CT molecular complexity index is 199. The molecule has 0 aromatic carbocycles. The van der Waals surface area contributed by atoms with Crippen LogP contribution in [-0.2, 0) is 9.47 Å².